The van der Waals surface area contributed by atoms with Gasteiger partial charge in [-0.1, -0.05) is 17.7 Å². The third kappa shape index (κ3) is 4.34. The summed E-state index contributed by atoms with van der Waals surface area (Å²) >= 11 is 6.03. The van der Waals surface area contributed by atoms with Gasteiger partial charge < -0.3 is 14.5 Å². The number of anilines is 1. The van der Waals surface area contributed by atoms with Crippen LogP contribution in [0, 0.1) is 10.1 Å². The SMILES string of the molecule is CCOc1ccc(C(=O)Nc2ccc3oc(-c4cccc(Cl)c4)nc3c2)cc1[N+](=O)[O-]. The highest BCUT2D eigenvalue weighted by Crippen LogP contribution is 2.30. The Kier molecular flexibility index (Phi) is 5.55. The molecule has 1 amide bonds. The van der Waals surface area contributed by atoms with Crippen LogP contribution >= 0.6 is 11.6 Å². The number of hydrogen-bond acceptors (Lipinski definition) is 6. The van der Waals surface area contributed by atoms with E-state index in [4.69, 9.17) is 20.8 Å². The number of oxazole rings is 1. The van der Waals surface area contributed by atoms with Gasteiger partial charge in [0.25, 0.3) is 5.91 Å². The number of ether oxygens (including phenoxy) is 1. The largest absolute Gasteiger partial charge is 0.487 e. The van der Waals surface area contributed by atoms with Gasteiger partial charge in [-0.05, 0) is 55.5 Å². The first-order valence-corrected chi connectivity index (χ1v) is 9.71. The van der Waals surface area contributed by atoms with Gasteiger partial charge in [-0.2, -0.15) is 0 Å². The molecule has 0 radical (unpaired) electrons. The third-order valence-corrected chi connectivity index (χ3v) is 4.67. The number of nitrogens with zero attached hydrogens (tertiary/aromatic N) is 2. The Bertz CT molecular complexity index is 1300. The summed E-state index contributed by atoms with van der Waals surface area (Å²) in [4.78, 5) is 27.8. The lowest BCUT2D eigenvalue weighted by molar-refractivity contribution is -0.385. The first-order valence-electron chi connectivity index (χ1n) is 9.33. The molecule has 0 aliphatic heterocycles. The molecule has 1 aromatic heterocycles. The summed E-state index contributed by atoms with van der Waals surface area (Å²) in [6.45, 7) is 2.00. The van der Waals surface area contributed by atoms with E-state index in [-0.39, 0.29) is 23.6 Å². The highest BCUT2D eigenvalue weighted by Gasteiger charge is 2.19. The quantitative estimate of drug-likeness (QED) is 0.306. The lowest BCUT2D eigenvalue weighted by Gasteiger charge is -2.07. The summed E-state index contributed by atoms with van der Waals surface area (Å²) < 4.78 is 11.0. The average molecular weight is 438 g/mol. The number of benzene rings is 3. The van der Waals surface area contributed by atoms with Crippen molar-refractivity contribution in [1.82, 2.24) is 4.98 Å². The number of hydrogen-bond donors (Lipinski definition) is 1. The molecule has 0 spiro atoms. The van der Waals surface area contributed by atoms with E-state index in [0.717, 1.165) is 5.56 Å². The van der Waals surface area contributed by atoms with Crippen LogP contribution in [0.4, 0.5) is 11.4 Å². The molecule has 156 valence electrons. The zero-order valence-corrected chi connectivity index (χ0v) is 17.1. The van der Waals surface area contributed by atoms with Gasteiger partial charge in [-0.25, -0.2) is 4.98 Å². The average Bonchev–Trinajstić information content (AvgIpc) is 3.17. The molecule has 0 saturated heterocycles. The van der Waals surface area contributed by atoms with Gasteiger partial charge in [0.2, 0.25) is 5.89 Å². The van der Waals surface area contributed by atoms with E-state index in [2.05, 4.69) is 10.3 Å². The first-order chi connectivity index (χ1) is 14.9. The van der Waals surface area contributed by atoms with Gasteiger partial charge >= 0.3 is 5.69 Å². The Morgan fingerprint density at radius 1 is 1.19 bits per heavy atom. The van der Waals surface area contributed by atoms with E-state index in [1.807, 2.05) is 6.07 Å². The molecule has 1 N–H and O–H groups in total. The number of carbonyl (C=O) groups excluding carboxylic acids is 1. The minimum absolute atomic E-state index is 0.113. The zero-order valence-electron chi connectivity index (χ0n) is 16.3. The monoisotopic (exact) mass is 437 g/mol. The fourth-order valence-corrected chi connectivity index (χ4v) is 3.22. The summed E-state index contributed by atoms with van der Waals surface area (Å²) in [6, 6.07) is 16.2. The molecule has 0 aliphatic rings. The second-order valence-electron chi connectivity index (χ2n) is 6.54. The number of fused-ring (bicyclic) bond motifs is 1. The van der Waals surface area contributed by atoms with E-state index >= 15 is 0 Å². The van der Waals surface area contributed by atoms with Crippen molar-refractivity contribution in [3.63, 3.8) is 0 Å². The van der Waals surface area contributed by atoms with Crippen molar-refractivity contribution in [2.75, 3.05) is 11.9 Å². The maximum absolute atomic E-state index is 12.6. The predicted molar refractivity (Wildman–Crippen MR) is 117 cm³/mol. The molecule has 4 rings (SSSR count). The van der Waals surface area contributed by atoms with E-state index in [1.165, 1.54) is 18.2 Å². The number of aromatic nitrogens is 1. The van der Waals surface area contributed by atoms with E-state index in [9.17, 15) is 14.9 Å². The second-order valence-corrected chi connectivity index (χ2v) is 6.98. The topological polar surface area (TPSA) is 108 Å². The molecule has 0 aliphatic carbocycles. The Hall–Kier alpha value is -3.91. The molecule has 0 unspecified atom stereocenters. The Balaban J connectivity index is 1.59. The summed E-state index contributed by atoms with van der Waals surface area (Å²) in [5.41, 5.74) is 2.16. The molecular formula is C22H16ClN3O5. The van der Waals surface area contributed by atoms with Gasteiger partial charge in [-0.3, -0.25) is 14.9 Å². The van der Waals surface area contributed by atoms with Gasteiger partial charge in [0, 0.05) is 27.9 Å². The number of halogens is 1. The summed E-state index contributed by atoms with van der Waals surface area (Å²) in [6.07, 6.45) is 0. The Labute approximate surface area is 181 Å². The third-order valence-electron chi connectivity index (χ3n) is 4.43. The molecule has 8 nitrogen and oxygen atoms in total. The van der Waals surface area contributed by atoms with Crippen molar-refractivity contribution in [1.29, 1.82) is 0 Å². The molecule has 0 bridgehead atoms. The van der Waals surface area contributed by atoms with Crippen molar-refractivity contribution in [3.8, 4) is 17.2 Å². The normalized spacial score (nSPS) is 10.8. The number of nitro groups is 1. The standard InChI is InChI=1S/C22H16ClN3O5/c1-2-30-20-8-6-13(11-18(20)26(28)29)21(27)24-16-7-9-19-17(12-16)25-22(31-19)14-4-3-5-15(23)10-14/h3-12H,2H2,1H3,(H,24,27). The van der Waals surface area contributed by atoms with Crippen LogP contribution in [-0.2, 0) is 0 Å². The predicted octanol–water partition coefficient (Wildman–Crippen LogP) is 5.71. The molecule has 3 aromatic carbocycles. The molecule has 4 aromatic rings. The maximum atomic E-state index is 12.6. The second kappa shape index (κ2) is 8.45. The van der Waals surface area contributed by atoms with Crippen molar-refractivity contribution in [3.05, 3.63) is 81.4 Å². The molecule has 0 fully saturated rings. The van der Waals surface area contributed by atoms with Crippen molar-refractivity contribution >= 4 is 40.0 Å². The van der Waals surface area contributed by atoms with Gasteiger partial charge in [0.05, 0.1) is 11.5 Å². The Morgan fingerprint density at radius 3 is 2.77 bits per heavy atom. The molecule has 0 saturated carbocycles. The molecular weight excluding hydrogens is 422 g/mol. The minimum atomic E-state index is -0.583. The fourth-order valence-electron chi connectivity index (χ4n) is 3.03. The highest BCUT2D eigenvalue weighted by atomic mass is 35.5. The van der Waals surface area contributed by atoms with Crippen molar-refractivity contribution < 1.29 is 18.9 Å². The number of amides is 1. The molecule has 31 heavy (non-hydrogen) atoms. The minimum Gasteiger partial charge on any atom is -0.487 e. The van der Waals surface area contributed by atoms with E-state index < -0.39 is 10.8 Å². The molecule has 0 atom stereocenters. The van der Waals surface area contributed by atoms with Gasteiger partial charge in [-0.15, -0.1) is 0 Å². The number of carbonyl (C=O) groups is 1. The van der Waals surface area contributed by atoms with E-state index in [0.29, 0.717) is 27.7 Å². The van der Waals surface area contributed by atoms with Crippen LogP contribution in [0.25, 0.3) is 22.6 Å². The maximum Gasteiger partial charge on any atom is 0.311 e. The van der Waals surface area contributed by atoms with Crippen molar-refractivity contribution in [2.45, 2.75) is 6.92 Å². The van der Waals surface area contributed by atoms with Crippen LogP contribution in [0.5, 0.6) is 5.75 Å². The number of rotatable bonds is 6. The van der Waals surface area contributed by atoms with Gasteiger partial charge in [0.1, 0.15) is 5.52 Å². The smallest absolute Gasteiger partial charge is 0.311 e. The van der Waals surface area contributed by atoms with Crippen molar-refractivity contribution in [2.24, 2.45) is 0 Å². The van der Waals surface area contributed by atoms with Crippen LogP contribution in [0.15, 0.2) is 65.1 Å². The highest BCUT2D eigenvalue weighted by molar-refractivity contribution is 6.30. The summed E-state index contributed by atoms with van der Waals surface area (Å²) in [7, 11) is 0. The van der Waals surface area contributed by atoms with E-state index in [1.54, 1.807) is 43.3 Å². The van der Waals surface area contributed by atoms with Gasteiger partial charge in [0.15, 0.2) is 11.3 Å². The number of nitrogens with one attached hydrogen (secondary N) is 1. The van der Waals surface area contributed by atoms with Crippen LogP contribution in [0.1, 0.15) is 17.3 Å². The first kappa shape index (κ1) is 20.4. The number of nitro benzene ring substituents is 1. The fraction of sp³-hybridized carbons (Fsp3) is 0.0909. The lowest BCUT2D eigenvalue weighted by Crippen LogP contribution is -2.12. The summed E-state index contributed by atoms with van der Waals surface area (Å²) in [5.74, 6) is 0.0220. The van der Waals surface area contributed by atoms with Crippen LogP contribution in [0.3, 0.4) is 0 Å². The van der Waals surface area contributed by atoms with Crippen LogP contribution < -0.4 is 10.1 Å². The van der Waals surface area contributed by atoms with Crippen LogP contribution in [0.2, 0.25) is 5.02 Å². The molecule has 1 heterocycles. The molecule has 9 heteroatoms. The van der Waals surface area contributed by atoms with Crippen LogP contribution in [-0.4, -0.2) is 22.4 Å². The Morgan fingerprint density at radius 2 is 2.03 bits per heavy atom. The summed E-state index contributed by atoms with van der Waals surface area (Å²) in [5, 5.41) is 14.6. The lowest BCUT2D eigenvalue weighted by atomic mass is 10.1. The zero-order chi connectivity index (χ0) is 22.0.